The van der Waals surface area contributed by atoms with Gasteiger partial charge >= 0.3 is 5.97 Å². The number of carbonyl (C=O) groups excluding carboxylic acids is 4. The standard InChI is InChI=1S/C51H62O13S4/c1-30(52)19-47-33-9-7-32(8-10-33)21-37(54)24-49(35-13-17-43(60-3)45(22-35)62-5)67-28-41(57)42(58)29-68-50(36-14-18-44(61-4)46(23-36)63-6)25-51(59)64-38-15-11-34(12-16-38)48(20-31(2)53)66-27-40(56)39(55)26-65-47/h7-18,22-23,39-42,47-50,55-58H,19-21,24-29H2,1-6H3. The number of hydrogen-bond acceptors (Lipinski definition) is 17. The molecule has 0 fully saturated rings. The van der Waals surface area contributed by atoms with Crippen LogP contribution in [0.1, 0.15) is 88.3 Å². The zero-order chi connectivity index (χ0) is 49.3. The number of ketones is 3. The van der Waals surface area contributed by atoms with Gasteiger partial charge in [0.05, 0.1) is 59.3 Å². The summed E-state index contributed by atoms with van der Waals surface area (Å²) in [6, 6.07) is 25.0. The number of methoxy groups -OCH3 is 4. The molecule has 4 bridgehead atoms. The highest BCUT2D eigenvalue weighted by atomic mass is 32.2. The van der Waals surface area contributed by atoms with Crippen molar-refractivity contribution in [2.75, 3.05) is 51.5 Å². The van der Waals surface area contributed by atoms with E-state index < -0.39 is 40.9 Å². The zero-order valence-corrected chi connectivity index (χ0v) is 42.4. The fraction of sp³-hybridized carbons (Fsp3) is 0.451. The fourth-order valence-corrected chi connectivity index (χ4v) is 12.7. The van der Waals surface area contributed by atoms with Crippen molar-refractivity contribution in [2.45, 2.75) is 91.4 Å². The molecule has 0 spiro atoms. The summed E-state index contributed by atoms with van der Waals surface area (Å²) in [6.07, 6.45) is -4.19. The third kappa shape index (κ3) is 16.5. The van der Waals surface area contributed by atoms with E-state index in [4.69, 9.17) is 23.7 Å². The maximum atomic E-state index is 13.8. The van der Waals surface area contributed by atoms with Crippen molar-refractivity contribution < 1.29 is 63.3 Å². The molecule has 68 heavy (non-hydrogen) atoms. The van der Waals surface area contributed by atoms with Crippen LogP contribution < -0.4 is 23.7 Å². The molecule has 17 heteroatoms. The van der Waals surface area contributed by atoms with Crippen LogP contribution in [0.15, 0.2) is 84.9 Å². The minimum Gasteiger partial charge on any atom is -0.493 e. The van der Waals surface area contributed by atoms with Crippen LogP contribution in [0, 0.1) is 0 Å². The summed E-state index contributed by atoms with van der Waals surface area (Å²) in [5.41, 5.74) is 3.85. The van der Waals surface area contributed by atoms with Crippen molar-refractivity contribution in [3.8, 4) is 28.7 Å². The third-order valence-electron chi connectivity index (χ3n) is 11.3. The van der Waals surface area contributed by atoms with Gasteiger partial charge in [0.15, 0.2) is 23.0 Å². The van der Waals surface area contributed by atoms with E-state index in [1.54, 1.807) is 54.6 Å². The minimum absolute atomic E-state index is 0.0359. The highest BCUT2D eigenvalue weighted by Crippen LogP contribution is 2.42. The summed E-state index contributed by atoms with van der Waals surface area (Å²) in [4.78, 5) is 52.2. The second-order valence-electron chi connectivity index (χ2n) is 16.5. The smallest absolute Gasteiger partial charge is 0.312 e. The van der Waals surface area contributed by atoms with Crippen molar-refractivity contribution in [3.05, 3.63) is 113 Å². The van der Waals surface area contributed by atoms with E-state index >= 15 is 0 Å². The SMILES string of the molecule is COc1ccc(C2CC(=O)Cc3ccc(cc3)C(CC(C)=O)SCC(O)C(O)CSC(CC(C)=O)c3ccc(cc3)OC(=O)CC(c3ccc(OC)c(OC)c3)SCC(O)C(O)CS2)cc1OC. The lowest BCUT2D eigenvalue weighted by molar-refractivity contribution is -0.134. The molecular weight excluding hydrogens is 949 g/mol. The van der Waals surface area contributed by atoms with Crippen LogP contribution >= 0.6 is 47.0 Å². The van der Waals surface area contributed by atoms with E-state index in [1.807, 2.05) is 30.3 Å². The highest BCUT2D eigenvalue weighted by molar-refractivity contribution is 8.00. The normalized spacial score (nSPS) is 24.1. The van der Waals surface area contributed by atoms with Crippen molar-refractivity contribution in [3.63, 3.8) is 0 Å². The Bertz CT molecular complexity index is 2120. The Morgan fingerprint density at radius 3 is 1.32 bits per heavy atom. The summed E-state index contributed by atoms with van der Waals surface area (Å²) < 4.78 is 27.8. The molecular formula is C51H62O13S4. The number of hydrogen-bond donors (Lipinski definition) is 4. The lowest BCUT2D eigenvalue weighted by atomic mass is 9.99. The zero-order valence-electron chi connectivity index (χ0n) is 39.2. The van der Waals surface area contributed by atoms with Crippen molar-refractivity contribution in [1.29, 1.82) is 0 Å². The highest BCUT2D eigenvalue weighted by Gasteiger charge is 2.28. The van der Waals surface area contributed by atoms with Crippen molar-refractivity contribution in [1.82, 2.24) is 0 Å². The summed E-state index contributed by atoms with van der Waals surface area (Å²) >= 11 is 5.31. The third-order valence-corrected chi connectivity index (χ3v) is 16.8. The first-order chi connectivity index (χ1) is 32.6. The van der Waals surface area contributed by atoms with Crippen molar-refractivity contribution >= 4 is 70.4 Å². The number of fused-ring (bicyclic) bond motifs is 2. The van der Waals surface area contributed by atoms with E-state index in [9.17, 15) is 39.6 Å². The van der Waals surface area contributed by atoms with E-state index in [-0.39, 0.29) is 88.7 Å². The topological polar surface area (TPSA) is 195 Å². The maximum Gasteiger partial charge on any atom is 0.312 e. The number of esters is 1. The van der Waals surface area contributed by atoms with Gasteiger partial charge in [-0.25, -0.2) is 0 Å². The quantitative estimate of drug-likeness (QED) is 0.0877. The molecule has 3 heterocycles. The molecule has 7 rings (SSSR count). The molecule has 8 unspecified atom stereocenters. The Labute approximate surface area is 415 Å². The summed E-state index contributed by atoms with van der Waals surface area (Å²) in [6.45, 7) is 2.99. The van der Waals surface area contributed by atoms with Gasteiger partial charge in [-0.15, -0.1) is 0 Å². The largest absolute Gasteiger partial charge is 0.493 e. The molecule has 0 saturated heterocycles. The van der Waals surface area contributed by atoms with Gasteiger partial charge in [-0.2, -0.15) is 47.0 Å². The number of aliphatic hydroxyl groups is 4. The van der Waals surface area contributed by atoms with Crippen molar-refractivity contribution in [2.24, 2.45) is 0 Å². The van der Waals surface area contributed by atoms with Crippen LogP contribution in [0.5, 0.6) is 28.7 Å². The van der Waals surface area contributed by atoms with Crippen LogP contribution in [0.3, 0.4) is 0 Å². The molecule has 4 aromatic rings. The van der Waals surface area contributed by atoms with Crippen LogP contribution in [-0.4, -0.2) is 120 Å². The van der Waals surface area contributed by atoms with Gasteiger partial charge in [0.25, 0.3) is 0 Å². The second-order valence-corrected chi connectivity index (χ2v) is 21.4. The van der Waals surface area contributed by atoms with Gasteiger partial charge in [0.2, 0.25) is 0 Å². The predicted molar refractivity (Wildman–Crippen MR) is 271 cm³/mol. The minimum atomic E-state index is -1.21. The lowest BCUT2D eigenvalue weighted by Crippen LogP contribution is -2.31. The molecule has 0 aromatic heterocycles. The fourth-order valence-electron chi connectivity index (χ4n) is 7.46. The number of Topliss-reactive ketones (excluding diaryl/α,β-unsaturated/α-hetero) is 3. The molecule has 3 aliphatic heterocycles. The molecule has 8 atom stereocenters. The van der Waals surface area contributed by atoms with Gasteiger partial charge < -0.3 is 44.1 Å². The Morgan fingerprint density at radius 2 is 0.912 bits per heavy atom. The molecule has 0 radical (unpaired) electrons. The van der Waals surface area contributed by atoms with E-state index in [1.165, 1.54) is 89.3 Å². The Kier molecular flexibility index (Phi) is 21.9. The Morgan fingerprint density at radius 1 is 0.529 bits per heavy atom. The second kappa shape index (κ2) is 27.3. The van der Waals surface area contributed by atoms with Gasteiger partial charge in [0.1, 0.15) is 23.1 Å². The predicted octanol–water partition coefficient (Wildman–Crippen LogP) is 8.13. The molecule has 0 saturated carbocycles. The molecule has 368 valence electrons. The van der Waals surface area contributed by atoms with Gasteiger partial charge in [-0.1, -0.05) is 48.5 Å². The monoisotopic (exact) mass is 1010 g/mol. The molecule has 4 N–H and O–H groups in total. The summed E-state index contributed by atoms with van der Waals surface area (Å²) in [5, 5.41) is 43.3. The van der Waals surface area contributed by atoms with Gasteiger partial charge in [-0.3, -0.25) is 19.2 Å². The first-order valence-electron chi connectivity index (χ1n) is 22.1. The van der Waals surface area contributed by atoms with Crippen LogP contribution in [0.2, 0.25) is 0 Å². The molecule has 4 aromatic carbocycles. The number of benzene rings is 4. The van der Waals surface area contributed by atoms with E-state index in [0.717, 1.165) is 22.3 Å². The maximum absolute atomic E-state index is 13.8. The summed E-state index contributed by atoms with van der Waals surface area (Å²) in [5.74, 6) is 1.90. The molecule has 3 aliphatic rings. The number of carbonyl (C=O) groups is 4. The first-order valence-corrected chi connectivity index (χ1v) is 26.3. The van der Waals surface area contributed by atoms with E-state index in [0.29, 0.717) is 28.6 Å². The number of rotatable bonds is 10. The van der Waals surface area contributed by atoms with Crippen LogP contribution in [0.25, 0.3) is 0 Å². The first kappa shape index (κ1) is 54.7. The Balaban J connectivity index is 1.45. The van der Waals surface area contributed by atoms with Crippen LogP contribution in [-0.2, 0) is 25.6 Å². The van der Waals surface area contributed by atoms with E-state index in [2.05, 4.69) is 0 Å². The lowest BCUT2D eigenvalue weighted by Gasteiger charge is -2.24. The molecule has 0 amide bonds. The molecule has 0 aliphatic carbocycles. The number of thioether (sulfide) groups is 4. The molecule has 13 nitrogen and oxygen atoms in total. The van der Waals surface area contributed by atoms with Gasteiger partial charge in [-0.05, 0) is 78.1 Å². The van der Waals surface area contributed by atoms with Crippen LogP contribution in [0.4, 0.5) is 0 Å². The Hall–Kier alpha value is -4.20. The average molecular weight is 1010 g/mol. The number of aliphatic hydroxyl groups excluding tert-OH is 4. The number of ether oxygens (including phenoxy) is 5. The summed E-state index contributed by atoms with van der Waals surface area (Å²) in [7, 11) is 6.09. The van der Waals surface area contributed by atoms with Gasteiger partial charge in [0, 0.05) is 69.7 Å². The average Bonchev–Trinajstić information content (AvgIpc) is 3.33.